The van der Waals surface area contributed by atoms with Gasteiger partial charge in [0.15, 0.2) is 6.61 Å². The standard InChI is InChI=1S/C29H25BrN2O3/c1-32(26-15-9-8-14-24(26)29(34)31-19-21-10-4-2-5-11-21)28(33)20-35-27-17-16-23(18-25(27)30)22-12-6-3-7-13-22/h2-18H,19-20H2,1H3,(H,31,34). The second-order valence-electron chi connectivity index (χ2n) is 7.94. The van der Waals surface area contributed by atoms with Crippen molar-refractivity contribution in [1.82, 2.24) is 5.32 Å². The molecule has 1 N–H and O–H groups in total. The van der Waals surface area contributed by atoms with Gasteiger partial charge in [-0.3, -0.25) is 9.59 Å². The molecule has 4 rings (SSSR count). The van der Waals surface area contributed by atoms with E-state index in [1.165, 1.54) is 4.90 Å². The number of anilines is 1. The van der Waals surface area contributed by atoms with Gasteiger partial charge in [-0.2, -0.15) is 0 Å². The average molecular weight is 529 g/mol. The SMILES string of the molecule is CN(C(=O)COc1ccc(-c2ccccc2)cc1Br)c1ccccc1C(=O)NCc1ccccc1. The molecule has 0 aliphatic carbocycles. The topological polar surface area (TPSA) is 58.6 Å². The molecule has 2 amide bonds. The Labute approximate surface area is 213 Å². The van der Waals surface area contributed by atoms with Gasteiger partial charge in [-0.15, -0.1) is 0 Å². The summed E-state index contributed by atoms with van der Waals surface area (Å²) >= 11 is 3.54. The van der Waals surface area contributed by atoms with Crippen molar-refractivity contribution in [2.24, 2.45) is 0 Å². The molecular formula is C29H25BrN2O3. The van der Waals surface area contributed by atoms with Crippen LogP contribution in [0.1, 0.15) is 15.9 Å². The third-order valence-corrected chi connectivity index (χ3v) is 6.19. The quantitative estimate of drug-likeness (QED) is 0.301. The van der Waals surface area contributed by atoms with Crippen LogP contribution < -0.4 is 15.0 Å². The van der Waals surface area contributed by atoms with Crippen LogP contribution in [0.3, 0.4) is 0 Å². The minimum Gasteiger partial charge on any atom is -0.483 e. The van der Waals surface area contributed by atoms with E-state index in [9.17, 15) is 9.59 Å². The van der Waals surface area contributed by atoms with E-state index in [2.05, 4.69) is 21.2 Å². The van der Waals surface area contributed by atoms with Crippen molar-refractivity contribution in [3.63, 3.8) is 0 Å². The molecule has 0 saturated carbocycles. The highest BCUT2D eigenvalue weighted by Gasteiger charge is 2.19. The summed E-state index contributed by atoms with van der Waals surface area (Å²) in [6.45, 7) is 0.238. The van der Waals surface area contributed by atoms with Crippen LogP contribution in [0.25, 0.3) is 11.1 Å². The fourth-order valence-electron chi connectivity index (χ4n) is 3.63. The van der Waals surface area contributed by atoms with Crippen molar-refractivity contribution in [2.45, 2.75) is 6.54 Å². The zero-order valence-electron chi connectivity index (χ0n) is 19.3. The number of likely N-dealkylation sites (N-methyl/N-ethyl adjacent to an activating group) is 1. The summed E-state index contributed by atoms with van der Waals surface area (Å²) in [5, 5.41) is 2.92. The molecule has 0 radical (unpaired) electrons. The second kappa shape index (κ2) is 11.5. The predicted molar refractivity (Wildman–Crippen MR) is 143 cm³/mol. The molecule has 0 aliphatic heterocycles. The predicted octanol–water partition coefficient (Wildman–Crippen LogP) is 6.09. The first-order chi connectivity index (χ1) is 17.0. The Morgan fingerprint density at radius 2 is 1.49 bits per heavy atom. The first-order valence-electron chi connectivity index (χ1n) is 11.2. The third kappa shape index (κ3) is 6.16. The zero-order chi connectivity index (χ0) is 24.6. The molecule has 35 heavy (non-hydrogen) atoms. The van der Waals surface area contributed by atoms with Gasteiger partial charge in [0, 0.05) is 13.6 Å². The van der Waals surface area contributed by atoms with Gasteiger partial charge in [0.1, 0.15) is 5.75 Å². The monoisotopic (exact) mass is 528 g/mol. The van der Waals surface area contributed by atoms with E-state index in [1.807, 2.05) is 78.9 Å². The Bertz CT molecular complexity index is 1310. The maximum atomic E-state index is 12.9. The van der Waals surface area contributed by atoms with Crippen LogP contribution in [-0.2, 0) is 11.3 Å². The molecule has 5 nitrogen and oxygen atoms in total. The maximum absolute atomic E-state index is 12.9. The molecule has 0 bridgehead atoms. The summed E-state index contributed by atoms with van der Waals surface area (Å²) in [6, 6.07) is 32.5. The minimum absolute atomic E-state index is 0.167. The fourth-order valence-corrected chi connectivity index (χ4v) is 4.12. The number of rotatable bonds is 8. The molecule has 6 heteroatoms. The molecule has 0 atom stereocenters. The minimum atomic E-state index is -0.271. The molecule has 0 aromatic heterocycles. The van der Waals surface area contributed by atoms with Crippen molar-refractivity contribution in [3.05, 3.63) is 119 Å². The van der Waals surface area contributed by atoms with E-state index in [-0.39, 0.29) is 18.4 Å². The number of amides is 2. The van der Waals surface area contributed by atoms with Crippen LogP contribution in [-0.4, -0.2) is 25.5 Å². The molecule has 176 valence electrons. The molecule has 0 aliphatic rings. The number of para-hydroxylation sites is 1. The highest BCUT2D eigenvalue weighted by Crippen LogP contribution is 2.31. The largest absolute Gasteiger partial charge is 0.483 e. The van der Waals surface area contributed by atoms with Gasteiger partial charge in [0.2, 0.25) is 0 Å². The number of benzene rings is 4. The number of halogens is 1. The van der Waals surface area contributed by atoms with E-state index < -0.39 is 0 Å². The van der Waals surface area contributed by atoms with E-state index in [0.29, 0.717) is 23.5 Å². The number of carbonyl (C=O) groups is 2. The Kier molecular flexibility index (Phi) is 7.95. The summed E-state index contributed by atoms with van der Waals surface area (Å²) in [5.74, 6) is 0.0527. The van der Waals surface area contributed by atoms with Gasteiger partial charge < -0.3 is 15.0 Å². The van der Waals surface area contributed by atoms with Gasteiger partial charge in [0.25, 0.3) is 11.8 Å². The van der Waals surface area contributed by atoms with Crippen molar-refractivity contribution in [2.75, 3.05) is 18.6 Å². The highest BCUT2D eigenvalue weighted by molar-refractivity contribution is 9.10. The Hall–Kier alpha value is -3.90. The Morgan fingerprint density at radius 3 is 2.20 bits per heavy atom. The molecule has 0 fully saturated rings. The Morgan fingerprint density at radius 1 is 0.829 bits per heavy atom. The second-order valence-corrected chi connectivity index (χ2v) is 8.79. The molecular weight excluding hydrogens is 504 g/mol. The number of nitrogens with one attached hydrogen (secondary N) is 1. The van der Waals surface area contributed by atoms with E-state index >= 15 is 0 Å². The number of carbonyl (C=O) groups excluding carboxylic acids is 2. The van der Waals surface area contributed by atoms with Crippen molar-refractivity contribution in [3.8, 4) is 16.9 Å². The lowest BCUT2D eigenvalue weighted by atomic mass is 10.1. The van der Waals surface area contributed by atoms with Crippen LogP contribution in [0.15, 0.2) is 108 Å². The van der Waals surface area contributed by atoms with Crippen LogP contribution in [0, 0.1) is 0 Å². The summed E-state index contributed by atoms with van der Waals surface area (Å²) in [5.41, 5.74) is 4.08. The highest BCUT2D eigenvalue weighted by atomic mass is 79.9. The normalized spacial score (nSPS) is 10.5. The maximum Gasteiger partial charge on any atom is 0.264 e. The summed E-state index contributed by atoms with van der Waals surface area (Å²) in [7, 11) is 1.64. The van der Waals surface area contributed by atoms with Gasteiger partial charge in [0.05, 0.1) is 15.7 Å². The molecule has 4 aromatic carbocycles. The van der Waals surface area contributed by atoms with Crippen LogP contribution in [0.2, 0.25) is 0 Å². The van der Waals surface area contributed by atoms with Crippen LogP contribution in [0.5, 0.6) is 5.75 Å². The van der Waals surface area contributed by atoms with Gasteiger partial charge in [-0.1, -0.05) is 78.9 Å². The molecule has 0 spiro atoms. The lowest BCUT2D eigenvalue weighted by molar-refractivity contribution is -0.120. The summed E-state index contributed by atoms with van der Waals surface area (Å²) in [6.07, 6.45) is 0. The van der Waals surface area contributed by atoms with Crippen LogP contribution in [0.4, 0.5) is 5.69 Å². The van der Waals surface area contributed by atoms with E-state index in [1.54, 1.807) is 31.3 Å². The number of ether oxygens (including phenoxy) is 1. The Balaban J connectivity index is 1.40. The smallest absolute Gasteiger partial charge is 0.264 e. The van der Waals surface area contributed by atoms with Crippen LogP contribution >= 0.6 is 15.9 Å². The zero-order valence-corrected chi connectivity index (χ0v) is 20.9. The average Bonchev–Trinajstić information content (AvgIpc) is 2.91. The van der Waals surface area contributed by atoms with E-state index in [4.69, 9.17) is 4.74 Å². The van der Waals surface area contributed by atoms with Crippen molar-refractivity contribution in [1.29, 1.82) is 0 Å². The van der Waals surface area contributed by atoms with E-state index in [0.717, 1.165) is 21.2 Å². The third-order valence-electron chi connectivity index (χ3n) is 5.57. The first-order valence-corrected chi connectivity index (χ1v) is 12.0. The number of hydrogen-bond donors (Lipinski definition) is 1. The van der Waals surface area contributed by atoms with Crippen molar-refractivity contribution < 1.29 is 14.3 Å². The fraction of sp³-hybridized carbons (Fsp3) is 0.103. The van der Waals surface area contributed by atoms with Gasteiger partial charge >= 0.3 is 0 Å². The molecule has 0 saturated heterocycles. The lowest BCUT2D eigenvalue weighted by Crippen LogP contribution is -2.33. The molecule has 4 aromatic rings. The number of nitrogens with zero attached hydrogens (tertiary/aromatic N) is 1. The molecule has 0 unspecified atom stereocenters. The number of hydrogen-bond acceptors (Lipinski definition) is 3. The van der Waals surface area contributed by atoms with Gasteiger partial charge in [-0.25, -0.2) is 0 Å². The summed E-state index contributed by atoms with van der Waals surface area (Å²) in [4.78, 5) is 27.2. The van der Waals surface area contributed by atoms with Crippen molar-refractivity contribution >= 4 is 33.4 Å². The lowest BCUT2D eigenvalue weighted by Gasteiger charge is -2.21. The van der Waals surface area contributed by atoms with Gasteiger partial charge in [-0.05, 0) is 56.9 Å². The molecule has 0 heterocycles. The summed E-state index contributed by atoms with van der Waals surface area (Å²) < 4.78 is 6.56. The first kappa shape index (κ1) is 24.2.